The van der Waals surface area contributed by atoms with Crippen LogP contribution in [0.25, 0.3) is 11.3 Å². The lowest BCUT2D eigenvalue weighted by molar-refractivity contribution is 0.411. The molecule has 1 saturated carbocycles. The van der Waals surface area contributed by atoms with Crippen molar-refractivity contribution in [2.45, 2.75) is 31.7 Å². The summed E-state index contributed by atoms with van der Waals surface area (Å²) in [5.41, 5.74) is 5.61. The van der Waals surface area contributed by atoms with Gasteiger partial charge < -0.3 is 5.32 Å². The van der Waals surface area contributed by atoms with Gasteiger partial charge >= 0.3 is 0 Å². The molecule has 0 unspecified atom stereocenters. The second-order valence-electron chi connectivity index (χ2n) is 6.11. The van der Waals surface area contributed by atoms with Gasteiger partial charge in [-0.15, -0.1) is 0 Å². The third kappa shape index (κ3) is 3.11. The highest BCUT2D eigenvalue weighted by molar-refractivity contribution is 5.64. The minimum atomic E-state index is 0.697. The highest BCUT2D eigenvalue weighted by Gasteiger charge is 2.20. The first-order chi connectivity index (χ1) is 11.4. The molecule has 0 bridgehead atoms. The number of benzene rings is 1. The van der Waals surface area contributed by atoms with Crippen LogP contribution in [-0.2, 0) is 6.54 Å². The van der Waals surface area contributed by atoms with E-state index in [2.05, 4.69) is 50.8 Å². The minimum Gasteiger partial charge on any atom is -0.381 e. The topological polar surface area (TPSA) is 53.6 Å². The van der Waals surface area contributed by atoms with E-state index in [1.165, 1.54) is 30.5 Å². The van der Waals surface area contributed by atoms with Gasteiger partial charge in [0.2, 0.25) is 0 Å². The molecule has 116 valence electrons. The largest absolute Gasteiger partial charge is 0.381 e. The van der Waals surface area contributed by atoms with Gasteiger partial charge in [0, 0.05) is 41.8 Å². The average molecular weight is 304 g/mol. The molecule has 0 aliphatic heterocycles. The number of pyridine rings is 1. The van der Waals surface area contributed by atoms with Gasteiger partial charge in [0.1, 0.15) is 0 Å². The average Bonchev–Trinajstić information content (AvgIpc) is 3.07. The highest BCUT2D eigenvalue weighted by atomic mass is 15.1. The van der Waals surface area contributed by atoms with E-state index in [1.807, 2.05) is 24.5 Å². The molecule has 0 radical (unpaired) electrons. The first-order valence-corrected chi connectivity index (χ1v) is 8.17. The van der Waals surface area contributed by atoms with Crippen molar-refractivity contribution >= 4 is 5.69 Å². The van der Waals surface area contributed by atoms with Crippen molar-refractivity contribution in [1.29, 1.82) is 0 Å². The van der Waals surface area contributed by atoms with Crippen molar-refractivity contribution in [1.82, 2.24) is 15.2 Å². The van der Waals surface area contributed by atoms with Crippen molar-refractivity contribution in [2.24, 2.45) is 0 Å². The molecule has 0 atom stereocenters. The van der Waals surface area contributed by atoms with Gasteiger partial charge in [0.25, 0.3) is 0 Å². The van der Waals surface area contributed by atoms with Gasteiger partial charge in [-0.3, -0.25) is 10.1 Å². The third-order valence-electron chi connectivity index (χ3n) is 4.53. The summed E-state index contributed by atoms with van der Waals surface area (Å²) >= 11 is 0. The number of anilines is 1. The van der Waals surface area contributed by atoms with Gasteiger partial charge in [0.05, 0.1) is 5.69 Å². The number of rotatable bonds is 5. The van der Waals surface area contributed by atoms with Crippen LogP contribution in [0.5, 0.6) is 0 Å². The Kier molecular flexibility index (Phi) is 3.80. The molecule has 4 heteroatoms. The van der Waals surface area contributed by atoms with Crippen LogP contribution in [-0.4, -0.2) is 15.2 Å². The van der Waals surface area contributed by atoms with Gasteiger partial charge in [0.15, 0.2) is 0 Å². The summed E-state index contributed by atoms with van der Waals surface area (Å²) in [6.45, 7) is 0.780. The lowest BCUT2D eigenvalue weighted by Gasteiger charge is -2.24. The quantitative estimate of drug-likeness (QED) is 0.736. The second-order valence-corrected chi connectivity index (χ2v) is 6.11. The van der Waals surface area contributed by atoms with Crippen LogP contribution in [0.4, 0.5) is 5.69 Å². The molecule has 4 nitrogen and oxygen atoms in total. The number of nitrogens with one attached hydrogen (secondary N) is 2. The molecular formula is C19H20N4. The van der Waals surface area contributed by atoms with Crippen molar-refractivity contribution in [2.75, 3.05) is 5.32 Å². The highest BCUT2D eigenvalue weighted by Crippen LogP contribution is 2.35. The molecule has 0 saturated heterocycles. The molecule has 2 heterocycles. The number of hydrogen-bond acceptors (Lipinski definition) is 3. The normalized spacial score (nSPS) is 14.4. The van der Waals surface area contributed by atoms with Gasteiger partial charge in [-0.2, -0.15) is 5.10 Å². The lowest BCUT2D eigenvalue weighted by atomic mass is 9.82. The van der Waals surface area contributed by atoms with Gasteiger partial charge in [-0.25, -0.2) is 0 Å². The van der Waals surface area contributed by atoms with E-state index in [4.69, 9.17) is 0 Å². The molecule has 1 aliphatic rings. The Morgan fingerprint density at radius 2 is 2.09 bits per heavy atom. The zero-order chi connectivity index (χ0) is 15.5. The number of aromatic amines is 1. The van der Waals surface area contributed by atoms with Crippen molar-refractivity contribution in [3.8, 4) is 11.3 Å². The number of aromatic nitrogens is 3. The molecule has 0 amide bonds. The molecular weight excluding hydrogens is 284 g/mol. The zero-order valence-corrected chi connectivity index (χ0v) is 13.0. The molecule has 23 heavy (non-hydrogen) atoms. The second kappa shape index (κ2) is 6.24. The minimum absolute atomic E-state index is 0.697. The summed E-state index contributed by atoms with van der Waals surface area (Å²) in [5, 5.41) is 10.5. The maximum absolute atomic E-state index is 4.62. The SMILES string of the molecule is c1cc(NCc2ccc(C3CCC3)nc2)cc(-c2cc[nH]n2)c1. The summed E-state index contributed by atoms with van der Waals surface area (Å²) in [5.74, 6) is 0.697. The molecule has 1 aliphatic carbocycles. The maximum atomic E-state index is 4.62. The number of nitrogens with zero attached hydrogens (tertiary/aromatic N) is 2. The third-order valence-corrected chi connectivity index (χ3v) is 4.53. The summed E-state index contributed by atoms with van der Waals surface area (Å²) in [4.78, 5) is 4.62. The maximum Gasteiger partial charge on any atom is 0.0921 e. The van der Waals surface area contributed by atoms with Crippen LogP contribution in [0.2, 0.25) is 0 Å². The van der Waals surface area contributed by atoms with E-state index in [0.29, 0.717) is 5.92 Å². The molecule has 4 rings (SSSR count). The van der Waals surface area contributed by atoms with Crippen LogP contribution < -0.4 is 5.32 Å². The van der Waals surface area contributed by atoms with Crippen LogP contribution in [0.3, 0.4) is 0 Å². The van der Waals surface area contributed by atoms with Gasteiger partial charge in [-0.1, -0.05) is 24.6 Å². The van der Waals surface area contributed by atoms with Crippen molar-refractivity contribution in [3.05, 3.63) is 66.1 Å². The fraction of sp³-hybridized carbons (Fsp3) is 0.263. The Bertz CT molecular complexity index is 758. The zero-order valence-electron chi connectivity index (χ0n) is 13.0. The first-order valence-electron chi connectivity index (χ1n) is 8.17. The van der Waals surface area contributed by atoms with Gasteiger partial charge in [-0.05, 0) is 42.7 Å². The fourth-order valence-corrected chi connectivity index (χ4v) is 2.90. The summed E-state index contributed by atoms with van der Waals surface area (Å²) in [7, 11) is 0. The Labute approximate surface area is 136 Å². The Hall–Kier alpha value is -2.62. The molecule has 2 N–H and O–H groups in total. The van der Waals surface area contributed by atoms with E-state index in [1.54, 1.807) is 0 Å². The Morgan fingerprint density at radius 3 is 2.78 bits per heavy atom. The Balaban J connectivity index is 1.41. The first kappa shape index (κ1) is 14.0. The predicted molar refractivity (Wildman–Crippen MR) is 92.2 cm³/mol. The molecule has 1 aromatic carbocycles. The van der Waals surface area contributed by atoms with E-state index >= 15 is 0 Å². The van der Waals surface area contributed by atoms with Crippen LogP contribution in [0.15, 0.2) is 54.9 Å². The summed E-state index contributed by atoms with van der Waals surface area (Å²) in [6.07, 6.45) is 7.78. The molecule has 2 aromatic heterocycles. The molecule has 1 fully saturated rings. The number of hydrogen-bond donors (Lipinski definition) is 2. The van der Waals surface area contributed by atoms with Crippen LogP contribution in [0, 0.1) is 0 Å². The van der Waals surface area contributed by atoms with E-state index in [-0.39, 0.29) is 0 Å². The van der Waals surface area contributed by atoms with Crippen LogP contribution >= 0.6 is 0 Å². The monoisotopic (exact) mass is 304 g/mol. The number of H-pyrrole nitrogens is 1. The van der Waals surface area contributed by atoms with E-state index < -0.39 is 0 Å². The fourth-order valence-electron chi connectivity index (χ4n) is 2.90. The summed E-state index contributed by atoms with van der Waals surface area (Å²) < 4.78 is 0. The molecule has 3 aromatic rings. The molecule has 0 spiro atoms. The summed E-state index contributed by atoms with van der Waals surface area (Å²) in [6, 6.07) is 14.6. The van der Waals surface area contributed by atoms with Crippen molar-refractivity contribution < 1.29 is 0 Å². The Morgan fingerprint density at radius 1 is 1.13 bits per heavy atom. The lowest BCUT2D eigenvalue weighted by Crippen LogP contribution is -2.10. The van der Waals surface area contributed by atoms with Crippen LogP contribution in [0.1, 0.15) is 36.4 Å². The predicted octanol–water partition coefficient (Wildman–Crippen LogP) is 4.35. The van der Waals surface area contributed by atoms with Crippen molar-refractivity contribution in [3.63, 3.8) is 0 Å². The smallest absolute Gasteiger partial charge is 0.0921 e. The standard InChI is InChI=1S/C19H20N4/c1-3-15(4-1)18-8-7-14(13-21-18)12-20-17-6-2-5-16(11-17)19-9-10-22-23-19/h2,5-11,13,15,20H,1,3-4,12H2,(H,22,23). The van der Waals surface area contributed by atoms with E-state index in [9.17, 15) is 0 Å². The van der Waals surface area contributed by atoms with E-state index in [0.717, 1.165) is 23.5 Å².